The molecule has 1 fully saturated rings. The molecule has 0 aromatic heterocycles. The molecular weight excluding hydrogens is 292 g/mol. The Kier molecular flexibility index (Phi) is 4.63. The Hall–Kier alpha value is -1.47. The molecule has 1 N–H and O–H groups in total. The molecule has 1 saturated heterocycles. The maximum absolute atomic E-state index is 11.6. The normalized spacial score (nSPS) is 22.7. The molecule has 0 radical (unpaired) electrons. The second-order valence-corrected chi connectivity index (χ2v) is 7.87. The van der Waals surface area contributed by atoms with Gasteiger partial charge in [0.1, 0.15) is 0 Å². The first-order valence-electron chi connectivity index (χ1n) is 7.00. The Morgan fingerprint density at radius 3 is 2.76 bits per heavy atom. The zero-order valence-electron chi connectivity index (χ0n) is 12.2. The molecule has 1 aromatic rings. The lowest BCUT2D eigenvalue weighted by molar-refractivity contribution is -0.385. The summed E-state index contributed by atoms with van der Waals surface area (Å²) in [6.45, 7) is 3.60. The van der Waals surface area contributed by atoms with Crippen LogP contribution in [0.2, 0.25) is 0 Å². The van der Waals surface area contributed by atoms with Crippen LogP contribution < -0.4 is 5.32 Å². The Bertz CT molecular complexity index is 642. The van der Waals surface area contributed by atoms with Gasteiger partial charge in [0, 0.05) is 23.7 Å². The molecule has 0 bridgehead atoms. The molecular formula is C14H20N2O4S. The first-order valence-corrected chi connectivity index (χ1v) is 8.82. The molecule has 0 saturated carbocycles. The van der Waals surface area contributed by atoms with Crippen molar-refractivity contribution in [2.45, 2.75) is 38.8 Å². The third kappa shape index (κ3) is 4.01. The van der Waals surface area contributed by atoms with E-state index in [9.17, 15) is 18.5 Å². The van der Waals surface area contributed by atoms with E-state index < -0.39 is 14.8 Å². The van der Waals surface area contributed by atoms with Crippen LogP contribution in [0.1, 0.15) is 36.9 Å². The Morgan fingerprint density at radius 1 is 1.43 bits per heavy atom. The molecule has 0 aliphatic carbocycles. The minimum absolute atomic E-state index is 0.0842. The van der Waals surface area contributed by atoms with Gasteiger partial charge >= 0.3 is 0 Å². The monoisotopic (exact) mass is 312 g/mol. The summed E-state index contributed by atoms with van der Waals surface area (Å²) in [6, 6.07) is 4.92. The second-order valence-electron chi connectivity index (χ2n) is 5.64. The van der Waals surface area contributed by atoms with Crippen LogP contribution in [0.25, 0.3) is 0 Å². The molecule has 2 atom stereocenters. The van der Waals surface area contributed by atoms with E-state index in [1.54, 1.807) is 19.1 Å². The summed E-state index contributed by atoms with van der Waals surface area (Å²) in [7, 11) is -2.96. The number of sulfone groups is 1. The molecule has 0 amide bonds. The SMILES string of the molecule is Cc1ccc(C(C)NC2CCCS(=O)(=O)C2)cc1[N+](=O)[O-]. The van der Waals surface area contributed by atoms with E-state index in [1.165, 1.54) is 0 Å². The Morgan fingerprint density at radius 2 is 2.14 bits per heavy atom. The van der Waals surface area contributed by atoms with Gasteiger partial charge < -0.3 is 5.32 Å². The van der Waals surface area contributed by atoms with E-state index >= 15 is 0 Å². The molecule has 116 valence electrons. The minimum atomic E-state index is -2.96. The third-order valence-electron chi connectivity index (χ3n) is 3.88. The van der Waals surface area contributed by atoms with Crippen molar-refractivity contribution in [2.75, 3.05) is 11.5 Å². The van der Waals surface area contributed by atoms with Crippen molar-refractivity contribution in [3.63, 3.8) is 0 Å². The average Bonchev–Trinajstić information content (AvgIpc) is 2.37. The van der Waals surface area contributed by atoms with Gasteiger partial charge in [-0.05, 0) is 32.3 Å². The minimum Gasteiger partial charge on any atom is -0.306 e. The largest absolute Gasteiger partial charge is 0.306 e. The second kappa shape index (κ2) is 6.11. The van der Waals surface area contributed by atoms with Gasteiger partial charge in [0.05, 0.1) is 16.4 Å². The summed E-state index contributed by atoms with van der Waals surface area (Å²) >= 11 is 0. The van der Waals surface area contributed by atoms with Crippen LogP contribution >= 0.6 is 0 Å². The highest BCUT2D eigenvalue weighted by molar-refractivity contribution is 7.91. The number of hydrogen-bond acceptors (Lipinski definition) is 5. The lowest BCUT2D eigenvalue weighted by Crippen LogP contribution is -2.41. The molecule has 6 nitrogen and oxygen atoms in total. The zero-order chi connectivity index (χ0) is 15.6. The lowest BCUT2D eigenvalue weighted by Gasteiger charge is -2.26. The predicted octanol–water partition coefficient (Wildman–Crippen LogP) is 2.13. The first kappa shape index (κ1) is 15.9. The smallest absolute Gasteiger partial charge is 0.272 e. The number of aryl methyl sites for hydroxylation is 1. The van der Waals surface area contributed by atoms with Crippen molar-refractivity contribution in [3.8, 4) is 0 Å². The van der Waals surface area contributed by atoms with Crippen molar-refractivity contribution in [1.82, 2.24) is 5.32 Å². The van der Waals surface area contributed by atoms with Crippen LogP contribution in [0.4, 0.5) is 5.69 Å². The van der Waals surface area contributed by atoms with E-state index in [-0.39, 0.29) is 29.3 Å². The number of benzene rings is 1. The quantitative estimate of drug-likeness (QED) is 0.679. The van der Waals surface area contributed by atoms with Crippen molar-refractivity contribution >= 4 is 15.5 Å². The molecule has 1 aliphatic heterocycles. The number of hydrogen-bond donors (Lipinski definition) is 1. The van der Waals surface area contributed by atoms with Crippen LogP contribution in [0, 0.1) is 17.0 Å². The van der Waals surface area contributed by atoms with Gasteiger partial charge in [-0.1, -0.05) is 12.1 Å². The van der Waals surface area contributed by atoms with Gasteiger partial charge in [0.2, 0.25) is 0 Å². The fourth-order valence-corrected chi connectivity index (χ4v) is 4.35. The highest BCUT2D eigenvalue weighted by atomic mass is 32.2. The van der Waals surface area contributed by atoms with Gasteiger partial charge in [0.15, 0.2) is 9.84 Å². The fourth-order valence-electron chi connectivity index (χ4n) is 2.70. The van der Waals surface area contributed by atoms with Crippen LogP contribution in [0.15, 0.2) is 18.2 Å². The van der Waals surface area contributed by atoms with Gasteiger partial charge in [-0.25, -0.2) is 8.42 Å². The topological polar surface area (TPSA) is 89.3 Å². The molecule has 1 aliphatic rings. The number of nitrogens with zero attached hydrogens (tertiary/aromatic N) is 1. The number of nitro benzene ring substituents is 1. The molecule has 1 aromatic carbocycles. The number of nitrogens with one attached hydrogen (secondary N) is 1. The van der Waals surface area contributed by atoms with E-state index in [0.29, 0.717) is 12.0 Å². The fraction of sp³-hybridized carbons (Fsp3) is 0.571. The summed E-state index contributed by atoms with van der Waals surface area (Å²) in [5, 5.41) is 14.3. The maximum Gasteiger partial charge on any atom is 0.272 e. The average molecular weight is 312 g/mol. The van der Waals surface area contributed by atoms with Crippen molar-refractivity contribution < 1.29 is 13.3 Å². The molecule has 2 unspecified atom stereocenters. The summed E-state index contributed by atoms with van der Waals surface area (Å²) in [4.78, 5) is 10.6. The standard InChI is InChI=1S/C14H20N2O4S/c1-10-5-6-12(8-14(10)16(17)18)11(2)15-13-4-3-7-21(19,20)9-13/h5-6,8,11,13,15H,3-4,7,9H2,1-2H3. The first-order chi connectivity index (χ1) is 9.78. The predicted molar refractivity (Wildman–Crippen MR) is 81.1 cm³/mol. The van der Waals surface area contributed by atoms with Gasteiger partial charge in [-0.2, -0.15) is 0 Å². The summed E-state index contributed by atoms with van der Waals surface area (Å²) in [5.41, 5.74) is 1.52. The highest BCUT2D eigenvalue weighted by Gasteiger charge is 2.26. The Balaban J connectivity index is 2.11. The molecule has 1 heterocycles. The van der Waals surface area contributed by atoms with Crippen LogP contribution in [0.5, 0.6) is 0 Å². The number of rotatable bonds is 4. The zero-order valence-corrected chi connectivity index (χ0v) is 13.0. The van der Waals surface area contributed by atoms with Gasteiger partial charge in [-0.15, -0.1) is 0 Å². The Labute approximate surface area is 124 Å². The molecule has 21 heavy (non-hydrogen) atoms. The van der Waals surface area contributed by atoms with Crippen molar-refractivity contribution in [3.05, 3.63) is 39.4 Å². The highest BCUT2D eigenvalue weighted by Crippen LogP contribution is 2.24. The lowest BCUT2D eigenvalue weighted by atomic mass is 10.0. The van der Waals surface area contributed by atoms with Crippen molar-refractivity contribution in [2.24, 2.45) is 0 Å². The molecule has 2 rings (SSSR count). The maximum atomic E-state index is 11.6. The van der Waals surface area contributed by atoms with Gasteiger partial charge in [-0.3, -0.25) is 10.1 Å². The van der Waals surface area contributed by atoms with E-state index in [2.05, 4.69) is 5.32 Å². The van der Waals surface area contributed by atoms with Crippen LogP contribution in [-0.2, 0) is 9.84 Å². The summed E-state index contributed by atoms with van der Waals surface area (Å²) < 4.78 is 23.3. The molecule has 7 heteroatoms. The van der Waals surface area contributed by atoms with Crippen molar-refractivity contribution in [1.29, 1.82) is 0 Å². The van der Waals surface area contributed by atoms with E-state index in [0.717, 1.165) is 12.0 Å². The van der Waals surface area contributed by atoms with E-state index in [4.69, 9.17) is 0 Å². The summed E-state index contributed by atoms with van der Waals surface area (Å²) in [6.07, 6.45) is 1.48. The van der Waals surface area contributed by atoms with Crippen LogP contribution in [-0.4, -0.2) is 30.9 Å². The van der Waals surface area contributed by atoms with Gasteiger partial charge in [0.25, 0.3) is 5.69 Å². The van der Waals surface area contributed by atoms with Crippen LogP contribution in [0.3, 0.4) is 0 Å². The third-order valence-corrected chi connectivity index (χ3v) is 5.70. The molecule has 0 spiro atoms. The number of nitro groups is 1. The summed E-state index contributed by atoms with van der Waals surface area (Å²) in [5.74, 6) is 0.404. The van der Waals surface area contributed by atoms with E-state index in [1.807, 2.05) is 13.0 Å².